The molecule has 3 aromatic rings. The Morgan fingerprint density at radius 2 is 1.43 bits per heavy atom. The van der Waals surface area contributed by atoms with Crippen molar-refractivity contribution in [3.8, 4) is 0 Å². The lowest BCUT2D eigenvalue weighted by Gasteiger charge is -2.32. The summed E-state index contributed by atoms with van der Waals surface area (Å²) in [5.74, 6) is -16.0. The monoisotopic (exact) mass is 1310 g/mol. The molecule has 0 saturated carbocycles. The van der Waals surface area contributed by atoms with E-state index in [4.69, 9.17) is 0 Å². The molecule has 29 heteroatoms. The van der Waals surface area contributed by atoms with Crippen molar-refractivity contribution in [1.82, 2.24) is 52.0 Å². The van der Waals surface area contributed by atoms with Crippen molar-refractivity contribution < 1.29 is 82.4 Å². The number of amides is 11. The summed E-state index contributed by atoms with van der Waals surface area (Å²) in [5, 5.41) is 54.4. The molecule has 0 radical (unpaired) electrons. The molecule has 3 unspecified atom stereocenters. The van der Waals surface area contributed by atoms with Crippen LogP contribution in [0.3, 0.4) is 0 Å². The molecule has 4 aliphatic rings. The first-order valence-electron chi connectivity index (χ1n) is 31.2. The molecule has 5 heterocycles. The molecule has 2 aromatic carbocycles. The van der Waals surface area contributed by atoms with E-state index >= 15 is 9.59 Å². The van der Waals surface area contributed by atoms with E-state index in [1.165, 1.54) is 13.8 Å². The van der Waals surface area contributed by atoms with Crippen LogP contribution in [0.25, 0.3) is 10.9 Å². The number of aromatic nitrogens is 1. The summed E-state index contributed by atoms with van der Waals surface area (Å²) in [7, 11) is 0. The van der Waals surface area contributed by atoms with E-state index < -0.39 is 200 Å². The highest BCUT2D eigenvalue weighted by Crippen LogP contribution is 2.35. The normalized spacial score (nSPS) is 24.0. The molecule has 11 amide bonds. The highest BCUT2D eigenvalue weighted by molar-refractivity contribution is 7.99. The average Bonchev–Trinajstić information content (AvgIpc) is 1.69. The van der Waals surface area contributed by atoms with Gasteiger partial charge in [-0.25, -0.2) is 0 Å². The number of H-pyrrole nitrogens is 1. The topological polar surface area (TPSA) is 418 Å². The van der Waals surface area contributed by atoms with Crippen LogP contribution in [0, 0.1) is 35.5 Å². The number of carbonyl (C=O) groups excluding carboxylic acids is 14. The number of anilines is 1. The van der Waals surface area contributed by atoms with Gasteiger partial charge in [0.05, 0.1) is 61.0 Å². The molecular formula is C64H83N11O17S. The van der Waals surface area contributed by atoms with Gasteiger partial charge in [-0.2, -0.15) is 0 Å². The zero-order chi connectivity index (χ0) is 68.0. The summed E-state index contributed by atoms with van der Waals surface area (Å²) in [5.41, 5.74) is 1.91. The number of hydrogen-bond acceptors (Lipinski definition) is 18. The van der Waals surface area contributed by atoms with Gasteiger partial charge in [0.25, 0.3) is 11.8 Å². The molecule has 12 atom stereocenters. The van der Waals surface area contributed by atoms with Gasteiger partial charge in [0.1, 0.15) is 12.1 Å². The number of nitrogens with one attached hydrogen (secondary N) is 9. The first-order chi connectivity index (χ1) is 44.2. The maximum absolute atomic E-state index is 15.1. The second kappa shape index (κ2) is 32.7. The molecular weight excluding hydrogens is 1230 g/mol. The van der Waals surface area contributed by atoms with Crippen LogP contribution in [0.15, 0.2) is 65.7 Å². The van der Waals surface area contributed by atoms with Gasteiger partial charge in [-0.3, -0.25) is 72.0 Å². The number of benzene rings is 2. The Balaban J connectivity index is 1.14. The van der Waals surface area contributed by atoms with Crippen molar-refractivity contribution in [2.24, 2.45) is 35.5 Å². The zero-order valence-electron chi connectivity index (χ0n) is 52.7. The molecule has 93 heavy (non-hydrogen) atoms. The molecule has 1 fully saturated rings. The van der Waals surface area contributed by atoms with Crippen molar-refractivity contribution in [2.75, 3.05) is 43.9 Å². The lowest BCUT2D eigenvalue weighted by atomic mass is 9.85. The van der Waals surface area contributed by atoms with Crippen molar-refractivity contribution in [3.63, 3.8) is 0 Å². The van der Waals surface area contributed by atoms with Gasteiger partial charge in [-0.1, -0.05) is 78.3 Å². The van der Waals surface area contributed by atoms with Crippen molar-refractivity contribution in [3.05, 3.63) is 71.8 Å². The van der Waals surface area contributed by atoms with Gasteiger partial charge in [-0.15, -0.1) is 11.8 Å². The number of carbonyl (C=O) groups is 14. The van der Waals surface area contributed by atoms with Crippen LogP contribution in [-0.2, 0) is 80.1 Å². The Bertz CT molecular complexity index is 3370. The predicted octanol–water partition coefficient (Wildman–Crippen LogP) is -0.639. The zero-order valence-corrected chi connectivity index (χ0v) is 53.6. The number of aromatic amines is 1. The van der Waals surface area contributed by atoms with Crippen LogP contribution in [0.5, 0.6) is 0 Å². The smallest absolute Gasteiger partial charge is 0.253 e. The van der Waals surface area contributed by atoms with Crippen LogP contribution >= 0.6 is 11.8 Å². The first kappa shape index (κ1) is 71.8. The second-order valence-electron chi connectivity index (χ2n) is 24.6. The summed E-state index contributed by atoms with van der Waals surface area (Å²) >= 11 is 1.06. The maximum Gasteiger partial charge on any atom is 0.253 e. The summed E-state index contributed by atoms with van der Waals surface area (Å²) in [6.07, 6.45) is -3.42. The number of aliphatic hydroxyl groups is 3. The van der Waals surface area contributed by atoms with Crippen LogP contribution in [0.2, 0.25) is 0 Å². The van der Waals surface area contributed by atoms with Crippen molar-refractivity contribution in [1.29, 1.82) is 0 Å². The number of nitrogens with zero attached hydrogens (tertiary/aromatic N) is 2. The fourth-order valence-electron chi connectivity index (χ4n) is 11.6. The van der Waals surface area contributed by atoms with Gasteiger partial charge in [0.15, 0.2) is 17.3 Å². The highest BCUT2D eigenvalue weighted by Gasteiger charge is 2.45. The van der Waals surface area contributed by atoms with Gasteiger partial charge >= 0.3 is 0 Å². The number of ketones is 3. The van der Waals surface area contributed by atoms with Gasteiger partial charge in [0.2, 0.25) is 53.2 Å². The Morgan fingerprint density at radius 3 is 2.10 bits per heavy atom. The third-order valence-electron chi connectivity index (χ3n) is 17.3. The Labute approximate surface area is 541 Å². The lowest BCUT2D eigenvalue weighted by molar-refractivity contribution is -0.145. The Hall–Kier alpha value is -8.67. The number of imide groups is 1. The molecule has 1 saturated heterocycles. The minimum absolute atomic E-state index is 0.143. The predicted molar refractivity (Wildman–Crippen MR) is 336 cm³/mol. The third kappa shape index (κ3) is 19.0. The Kier molecular flexibility index (Phi) is 25.3. The standard InChI is InChI=1S/C64H83N11O17S/c1-7-33(4)57-62(91)67-27-52(84)69-44-31-93-63-42(41-10-8-9-11-43(41)70-63)21-37(60(89)66-28-53(85)72-57)22-48(80)58(35(6)49(81)30-76)73-61(90)45-25-40(77)29-75(45)64(92)38(23-46(44)78)24-51(83)65-26-36-12-14-39(15-13-36)68-59(88)34(5)20-47(79)56(32(2)3)71-50(82)18-19-74-54(86)16-17-55(74)87/h8-17,32-35,37-38,40,44-45,49,56-58,70,76-77,81H,7,18-31H2,1-6H3,(H,65,83)(H,66,89)(H,67,91)(H,68,88)(H,69,84)(H,71,82)(H,72,85)(H,73,90)/t33-,34+,35-,37?,38-,40+,44?,45-,49-,56?,57-,58-/m0/s1. The third-order valence-corrected chi connectivity index (χ3v) is 18.5. The number of aliphatic hydroxyl groups excluding tert-OH is 3. The van der Waals surface area contributed by atoms with E-state index in [9.17, 15) is 72.9 Å². The molecule has 2 bridgehead atoms. The minimum atomic E-state index is -1.63. The van der Waals surface area contributed by atoms with Crippen LogP contribution < -0.4 is 42.5 Å². The summed E-state index contributed by atoms with van der Waals surface area (Å²) < 4.78 is 0. The van der Waals surface area contributed by atoms with Gasteiger partial charge < -0.3 is 67.7 Å². The van der Waals surface area contributed by atoms with E-state index in [1.807, 2.05) is 0 Å². The highest BCUT2D eigenvalue weighted by atomic mass is 32.2. The van der Waals surface area contributed by atoms with Crippen molar-refractivity contribution >= 4 is 111 Å². The van der Waals surface area contributed by atoms with Crippen LogP contribution in [0.4, 0.5) is 5.69 Å². The van der Waals surface area contributed by atoms with Crippen LogP contribution in [0.1, 0.15) is 97.6 Å². The number of para-hydroxylation sites is 1. The number of thioether (sulfide) groups is 1. The fraction of sp³-hybridized carbons (Fsp3) is 0.531. The Morgan fingerprint density at radius 1 is 0.763 bits per heavy atom. The van der Waals surface area contributed by atoms with Crippen LogP contribution in [-0.4, -0.2) is 193 Å². The van der Waals surface area contributed by atoms with Gasteiger partial charge in [0, 0.05) is 110 Å². The molecule has 12 N–H and O–H groups in total. The number of fused-ring (bicyclic) bond motifs is 5. The fourth-order valence-corrected chi connectivity index (χ4v) is 12.7. The number of hydrogen-bond donors (Lipinski definition) is 12. The van der Waals surface area contributed by atoms with E-state index in [2.05, 4.69) is 47.5 Å². The quantitative estimate of drug-likeness (QED) is 0.0664. The molecule has 1 aromatic heterocycles. The van der Waals surface area contributed by atoms with E-state index in [0.29, 0.717) is 39.2 Å². The first-order valence-corrected chi connectivity index (χ1v) is 32.2. The largest absolute Gasteiger partial charge is 0.394 e. The van der Waals surface area contributed by atoms with E-state index in [0.717, 1.165) is 33.7 Å². The van der Waals surface area contributed by atoms with Gasteiger partial charge in [-0.05, 0) is 47.6 Å². The summed E-state index contributed by atoms with van der Waals surface area (Å²) in [4.78, 5) is 198. The molecule has 28 nitrogen and oxygen atoms in total. The minimum Gasteiger partial charge on any atom is -0.394 e. The molecule has 4 aliphatic heterocycles. The van der Waals surface area contributed by atoms with E-state index in [-0.39, 0.29) is 50.4 Å². The molecule has 7 rings (SSSR count). The summed E-state index contributed by atoms with van der Waals surface area (Å²) in [6, 6.07) is 6.49. The van der Waals surface area contributed by atoms with E-state index in [1.54, 1.807) is 76.2 Å². The average molecular weight is 1310 g/mol. The van der Waals surface area contributed by atoms with Crippen molar-refractivity contribution in [2.45, 2.75) is 147 Å². The molecule has 0 spiro atoms. The molecule has 0 aliphatic carbocycles. The lowest BCUT2D eigenvalue weighted by Crippen LogP contribution is -2.56. The maximum atomic E-state index is 15.1. The second-order valence-corrected chi connectivity index (χ2v) is 25.7. The number of rotatable bonds is 19. The summed E-state index contributed by atoms with van der Waals surface area (Å²) in [6.45, 7) is 6.87. The molecule has 502 valence electrons. The SMILES string of the molecule is CC[C@H](C)[C@@H]1NC(=O)CNC(=O)C2CC(=O)[C@H]([C@@H](C)[C@@H](O)CO)NC(=O)[C@@H]3C[C@@H](O)CN3C(=O)[C@H](CC(=O)NCc3ccc(NC(=O)[C@H](C)CC(=O)C(NC(=O)CCN4C(=O)C=CC4=O)C(C)C)cc3)CC(=O)C(CSc3[nH]c4ccccc4c3C2)NC(=O)CNC1=O. The number of Topliss-reactive ketones (excluding diaryl/α,β-unsaturated/α-hetero) is 3.